The van der Waals surface area contributed by atoms with Gasteiger partial charge in [0.2, 0.25) is 5.91 Å². The lowest BCUT2D eigenvalue weighted by Crippen LogP contribution is -2.51. The first-order valence-corrected chi connectivity index (χ1v) is 6.85. The van der Waals surface area contributed by atoms with Crippen LogP contribution in [0.25, 0.3) is 0 Å². The molecule has 0 saturated carbocycles. The minimum atomic E-state index is -0.993. The molecule has 8 heteroatoms. The van der Waals surface area contributed by atoms with E-state index in [0.29, 0.717) is 13.1 Å². The lowest BCUT2D eigenvalue weighted by Gasteiger charge is -2.21. The van der Waals surface area contributed by atoms with E-state index < -0.39 is 18.0 Å². The van der Waals surface area contributed by atoms with E-state index >= 15 is 0 Å². The molecule has 1 aromatic carbocycles. The summed E-state index contributed by atoms with van der Waals surface area (Å²) in [4.78, 5) is 36.0. The maximum absolute atomic E-state index is 11.7. The molecule has 0 radical (unpaired) electrons. The van der Waals surface area contributed by atoms with Crippen molar-refractivity contribution < 1.29 is 19.1 Å². The van der Waals surface area contributed by atoms with Gasteiger partial charge in [-0.2, -0.15) is 0 Å². The highest BCUT2D eigenvalue weighted by atomic mass is 16.5. The fourth-order valence-electron chi connectivity index (χ4n) is 2.02. The SMILES string of the molecule is NC(=O)C(CN1CCNC1=O)NC(=O)OCc1ccccc1. The zero-order valence-electron chi connectivity index (χ0n) is 12.0. The van der Waals surface area contributed by atoms with Crippen molar-refractivity contribution in [3.05, 3.63) is 35.9 Å². The molecule has 1 unspecified atom stereocenters. The van der Waals surface area contributed by atoms with Gasteiger partial charge in [-0.15, -0.1) is 0 Å². The molecule has 8 nitrogen and oxygen atoms in total. The van der Waals surface area contributed by atoms with Gasteiger partial charge in [0.15, 0.2) is 0 Å². The summed E-state index contributed by atoms with van der Waals surface area (Å²) in [5.41, 5.74) is 6.07. The second kappa shape index (κ2) is 7.30. The molecule has 1 aromatic rings. The Bertz CT molecular complexity index is 549. The van der Waals surface area contributed by atoms with Crippen LogP contribution in [0.3, 0.4) is 0 Å². The highest BCUT2D eigenvalue weighted by Crippen LogP contribution is 2.02. The number of amides is 4. The second-order valence-electron chi connectivity index (χ2n) is 4.84. The standard InChI is InChI=1S/C14H18N4O4/c15-12(19)11(8-18-7-6-16-13(18)20)17-14(21)22-9-10-4-2-1-3-5-10/h1-5,11H,6-9H2,(H2,15,19)(H,16,20)(H,17,21). The van der Waals surface area contributed by atoms with Crippen LogP contribution in [-0.2, 0) is 16.1 Å². The van der Waals surface area contributed by atoms with Gasteiger partial charge in [0.1, 0.15) is 12.6 Å². The number of carbonyl (C=O) groups excluding carboxylic acids is 3. The summed E-state index contributed by atoms with van der Waals surface area (Å²) in [6.07, 6.45) is -0.757. The number of urea groups is 1. The van der Waals surface area contributed by atoms with Gasteiger partial charge in [0, 0.05) is 13.1 Å². The first-order valence-electron chi connectivity index (χ1n) is 6.85. The number of nitrogens with one attached hydrogen (secondary N) is 2. The third-order valence-electron chi connectivity index (χ3n) is 3.20. The Labute approximate surface area is 127 Å². The number of primary amides is 1. The minimum absolute atomic E-state index is 0.0155. The van der Waals surface area contributed by atoms with Gasteiger partial charge >= 0.3 is 12.1 Å². The summed E-state index contributed by atoms with van der Waals surface area (Å²) in [6, 6.07) is 7.86. The zero-order valence-corrected chi connectivity index (χ0v) is 12.0. The van der Waals surface area contributed by atoms with E-state index in [4.69, 9.17) is 10.5 Å². The average Bonchev–Trinajstić information content (AvgIpc) is 2.91. The zero-order chi connectivity index (χ0) is 15.9. The quantitative estimate of drug-likeness (QED) is 0.675. The molecule has 2 rings (SSSR count). The third-order valence-corrected chi connectivity index (χ3v) is 3.20. The maximum Gasteiger partial charge on any atom is 0.408 e. The highest BCUT2D eigenvalue weighted by Gasteiger charge is 2.27. The Kier molecular flexibility index (Phi) is 5.18. The van der Waals surface area contributed by atoms with Gasteiger partial charge in [-0.05, 0) is 5.56 Å². The molecule has 4 N–H and O–H groups in total. The number of nitrogens with zero attached hydrogens (tertiary/aromatic N) is 1. The molecule has 4 amide bonds. The van der Waals surface area contributed by atoms with Gasteiger partial charge in [-0.3, -0.25) is 4.79 Å². The van der Waals surface area contributed by atoms with Crippen LogP contribution in [0.2, 0.25) is 0 Å². The molecular weight excluding hydrogens is 288 g/mol. The molecule has 0 aliphatic carbocycles. The topological polar surface area (TPSA) is 114 Å². The third kappa shape index (κ3) is 4.37. The van der Waals surface area contributed by atoms with Crippen LogP contribution in [0.15, 0.2) is 30.3 Å². The van der Waals surface area contributed by atoms with Crippen LogP contribution in [-0.4, -0.2) is 48.6 Å². The molecule has 118 valence electrons. The monoisotopic (exact) mass is 306 g/mol. The number of nitrogens with two attached hydrogens (primary N) is 1. The van der Waals surface area contributed by atoms with E-state index in [1.807, 2.05) is 30.3 Å². The molecule has 22 heavy (non-hydrogen) atoms. The van der Waals surface area contributed by atoms with Crippen molar-refractivity contribution in [2.45, 2.75) is 12.6 Å². The summed E-state index contributed by atoms with van der Waals surface area (Å²) in [6.45, 7) is 1.07. The predicted molar refractivity (Wildman–Crippen MR) is 77.7 cm³/mol. The number of hydrogen-bond acceptors (Lipinski definition) is 4. The van der Waals surface area contributed by atoms with Crippen LogP contribution >= 0.6 is 0 Å². The summed E-state index contributed by atoms with van der Waals surface area (Å²) < 4.78 is 5.02. The Morgan fingerprint density at radius 2 is 2.09 bits per heavy atom. The van der Waals surface area contributed by atoms with E-state index in [1.165, 1.54) is 4.90 Å². The number of benzene rings is 1. The molecule has 0 bridgehead atoms. The van der Waals surface area contributed by atoms with Crippen molar-refractivity contribution in [3.63, 3.8) is 0 Å². The van der Waals surface area contributed by atoms with Crippen LogP contribution in [0, 0.1) is 0 Å². The summed E-state index contributed by atoms with van der Waals surface area (Å²) in [7, 11) is 0. The molecule has 0 aromatic heterocycles. The molecule has 1 aliphatic heterocycles. The highest BCUT2D eigenvalue weighted by molar-refractivity contribution is 5.85. The fraction of sp³-hybridized carbons (Fsp3) is 0.357. The van der Waals surface area contributed by atoms with Crippen LogP contribution in [0.1, 0.15) is 5.56 Å². The summed E-state index contributed by atoms with van der Waals surface area (Å²) in [5, 5.41) is 4.98. The van der Waals surface area contributed by atoms with Gasteiger partial charge in [-0.1, -0.05) is 30.3 Å². The first-order chi connectivity index (χ1) is 10.6. The summed E-state index contributed by atoms with van der Waals surface area (Å²) in [5.74, 6) is -0.726. The van der Waals surface area contributed by atoms with Crippen molar-refractivity contribution in [2.24, 2.45) is 5.73 Å². The molecular formula is C14H18N4O4. The number of carbonyl (C=O) groups is 3. The van der Waals surface area contributed by atoms with E-state index in [-0.39, 0.29) is 19.2 Å². The summed E-state index contributed by atoms with van der Waals surface area (Å²) >= 11 is 0. The molecule has 1 saturated heterocycles. The molecule has 1 aliphatic rings. The Balaban J connectivity index is 1.83. The molecule has 0 spiro atoms. The minimum Gasteiger partial charge on any atom is -0.445 e. The van der Waals surface area contributed by atoms with E-state index in [2.05, 4.69) is 10.6 Å². The van der Waals surface area contributed by atoms with Crippen LogP contribution in [0.4, 0.5) is 9.59 Å². The van der Waals surface area contributed by atoms with Gasteiger partial charge in [0.05, 0.1) is 6.54 Å². The van der Waals surface area contributed by atoms with Crippen molar-refractivity contribution in [2.75, 3.05) is 19.6 Å². The van der Waals surface area contributed by atoms with Gasteiger partial charge in [0.25, 0.3) is 0 Å². The number of hydrogen-bond donors (Lipinski definition) is 3. The largest absolute Gasteiger partial charge is 0.445 e. The van der Waals surface area contributed by atoms with E-state index in [0.717, 1.165) is 5.56 Å². The van der Waals surface area contributed by atoms with Crippen molar-refractivity contribution >= 4 is 18.0 Å². The van der Waals surface area contributed by atoms with E-state index in [1.54, 1.807) is 0 Å². The first kappa shape index (κ1) is 15.6. The van der Waals surface area contributed by atoms with Gasteiger partial charge in [-0.25, -0.2) is 9.59 Å². The van der Waals surface area contributed by atoms with Crippen LogP contribution in [0.5, 0.6) is 0 Å². The number of rotatable bonds is 6. The Morgan fingerprint density at radius 1 is 1.36 bits per heavy atom. The van der Waals surface area contributed by atoms with Crippen LogP contribution < -0.4 is 16.4 Å². The Morgan fingerprint density at radius 3 is 2.68 bits per heavy atom. The van der Waals surface area contributed by atoms with Gasteiger partial charge < -0.3 is 26.0 Å². The molecule has 1 atom stereocenters. The molecule has 1 heterocycles. The lowest BCUT2D eigenvalue weighted by molar-refractivity contribution is -0.120. The number of ether oxygens (including phenoxy) is 1. The number of alkyl carbamates (subject to hydrolysis) is 1. The van der Waals surface area contributed by atoms with Crippen molar-refractivity contribution in [1.82, 2.24) is 15.5 Å². The van der Waals surface area contributed by atoms with E-state index in [9.17, 15) is 14.4 Å². The predicted octanol–water partition coefficient (Wildman–Crippen LogP) is -0.208. The van der Waals surface area contributed by atoms with Crippen molar-refractivity contribution in [1.29, 1.82) is 0 Å². The maximum atomic E-state index is 11.7. The normalized spacial score (nSPS) is 15.1. The average molecular weight is 306 g/mol. The smallest absolute Gasteiger partial charge is 0.408 e. The fourth-order valence-corrected chi connectivity index (χ4v) is 2.02. The molecule has 1 fully saturated rings. The second-order valence-corrected chi connectivity index (χ2v) is 4.84. The lowest BCUT2D eigenvalue weighted by atomic mass is 10.2. The Hall–Kier alpha value is -2.77. The van der Waals surface area contributed by atoms with Crippen molar-refractivity contribution in [3.8, 4) is 0 Å².